The van der Waals surface area contributed by atoms with Crippen LogP contribution in [0.2, 0.25) is 0 Å². The number of aromatic nitrogens is 3. The number of benzene rings is 2. The quantitative estimate of drug-likeness (QED) is 0.572. The molecule has 2 aromatic carbocycles. The molecule has 0 aliphatic heterocycles. The lowest BCUT2D eigenvalue weighted by molar-refractivity contribution is 0.602. The summed E-state index contributed by atoms with van der Waals surface area (Å²) in [6.07, 6.45) is 4.34. The van der Waals surface area contributed by atoms with Crippen LogP contribution in [0.4, 0.5) is 10.2 Å². The van der Waals surface area contributed by atoms with Crippen molar-refractivity contribution >= 4 is 21.3 Å². The molecule has 0 bridgehead atoms. The second kappa shape index (κ2) is 6.42. The van der Waals surface area contributed by atoms with Crippen molar-refractivity contribution in [1.82, 2.24) is 14.4 Å². The molecule has 0 aliphatic rings. The minimum atomic E-state index is -3.42. The Morgan fingerprint density at radius 1 is 1.11 bits per heavy atom. The molecular formula is C20H17FN4O2S. The molecule has 0 spiro atoms. The van der Waals surface area contributed by atoms with Crippen LogP contribution in [0.25, 0.3) is 28.2 Å². The molecule has 0 fully saturated rings. The molecule has 0 saturated carbocycles. The molecular weight excluding hydrogens is 379 g/mol. The van der Waals surface area contributed by atoms with E-state index in [0.29, 0.717) is 28.2 Å². The second-order valence-electron chi connectivity index (χ2n) is 6.54. The Kier molecular flexibility index (Phi) is 4.15. The normalized spacial score (nSPS) is 11.8. The molecule has 0 atom stereocenters. The average Bonchev–Trinajstić information content (AvgIpc) is 3.02. The first kappa shape index (κ1) is 18.1. The Balaban J connectivity index is 2.14. The molecule has 0 unspecified atom stereocenters. The monoisotopic (exact) mass is 396 g/mol. The molecule has 4 rings (SSSR count). The maximum absolute atomic E-state index is 14.6. The SMILES string of the molecule is Cc1ccc(S(C)(=O)=O)cc1-c1c(-c2ccccc2F)nc2c(N)nccn12. The first-order valence-corrected chi connectivity index (χ1v) is 10.3. The Morgan fingerprint density at radius 2 is 1.86 bits per heavy atom. The van der Waals surface area contributed by atoms with E-state index in [1.807, 2.05) is 6.92 Å². The number of hydrogen-bond donors (Lipinski definition) is 1. The van der Waals surface area contributed by atoms with E-state index in [1.165, 1.54) is 12.3 Å². The van der Waals surface area contributed by atoms with E-state index in [2.05, 4.69) is 9.97 Å². The van der Waals surface area contributed by atoms with Gasteiger partial charge in [-0.05, 0) is 36.8 Å². The lowest BCUT2D eigenvalue weighted by atomic mass is 10.0. The van der Waals surface area contributed by atoms with Gasteiger partial charge in [0.15, 0.2) is 21.3 Å². The molecule has 0 aliphatic carbocycles. The number of imidazole rings is 1. The predicted octanol–water partition coefficient (Wildman–Crippen LogP) is 3.50. The molecule has 0 radical (unpaired) electrons. The molecule has 2 aromatic heterocycles. The zero-order chi connectivity index (χ0) is 20.1. The Hall–Kier alpha value is -3.26. The van der Waals surface area contributed by atoms with Crippen LogP contribution in [0.1, 0.15) is 5.56 Å². The summed E-state index contributed by atoms with van der Waals surface area (Å²) < 4.78 is 40.4. The van der Waals surface area contributed by atoms with Crippen LogP contribution in [-0.4, -0.2) is 29.0 Å². The van der Waals surface area contributed by atoms with Gasteiger partial charge in [-0.15, -0.1) is 0 Å². The van der Waals surface area contributed by atoms with Crippen molar-refractivity contribution in [2.24, 2.45) is 0 Å². The summed E-state index contributed by atoms with van der Waals surface area (Å²) in [6.45, 7) is 1.86. The summed E-state index contributed by atoms with van der Waals surface area (Å²) in [5.41, 5.74) is 9.02. The molecule has 8 heteroatoms. The van der Waals surface area contributed by atoms with Gasteiger partial charge in [-0.3, -0.25) is 4.40 Å². The van der Waals surface area contributed by atoms with Crippen LogP contribution in [0.5, 0.6) is 0 Å². The highest BCUT2D eigenvalue weighted by atomic mass is 32.2. The van der Waals surface area contributed by atoms with Gasteiger partial charge < -0.3 is 5.73 Å². The number of hydrogen-bond acceptors (Lipinski definition) is 5. The van der Waals surface area contributed by atoms with Crippen molar-refractivity contribution in [2.75, 3.05) is 12.0 Å². The number of nitrogens with zero attached hydrogens (tertiary/aromatic N) is 3. The van der Waals surface area contributed by atoms with Crippen LogP contribution in [0, 0.1) is 12.7 Å². The highest BCUT2D eigenvalue weighted by molar-refractivity contribution is 7.90. The number of nitrogens with two attached hydrogens (primary N) is 1. The van der Waals surface area contributed by atoms with Crippen molar-refractivity contribution in [1.29, 1.82) is 0 Å². The van der Waals surface area contributed by atoms with E-state index >= 15 is 0 Å². The van der Waals surface area contributed by atoms with Gasteiger partial charge in [0.05, 0.1) is 10.6 Å². The predicted molar refractivity (Wildman–Crippen MR) is 106 cm³/mol. The van der Waals surface area contributed by atoms with E-state index < -0.39 is 15.7 Å². The summed E-state index contributed by atoms with van der Waals surface area (Å²) in [4.78, 5) is 8.77. The van der Waals surface area contributed by atoms with Gasteiger partial charge in [0, 0.05) is 29.8 Å². The van der Waals surface area contributed by atoms with Gasteiger partial charge in [-0.2, -0.15) is 0 Å². The third-order valence-electron chi connectivity index (χ3n) is 4.59. The minimum absolute atomic E-state index is 0.171. The van der Waals surface area contributed by atoms with Crippen molar-refractivity contribution in [2.45, 2.75) is 11.8 Å². The van der Waals surface area contributed by atoms with Crippen LogP contribution in [0.15, 0.2) is 59.8 Å². The minimum Gasteiger partial charge on any atom is -0.381 e. The zero-order valence-electron chi connectivity index (χ0n) is 15.2. The molecule has 28 heavy (non-hydrogen) atoms. The zero-order valence-corrected chi connectivity index (χ0v) is 16.0. The Bertz CT molecular complexity index is 1330. The topological polar surface area (TPSA) is 90.3 Å². The van der Waals surface area contributed by atoms with Gasteiger partial charge in [-0.25, -0.2) is 22.8 Å². The summed E-state index contributed by atoms with van der Waals surface area (Å²) >= 11 is 0. The number of halogens is 1. The maximum Gasteiger partial charge on any atom is 0.180 e. The van der Waals surface area contributed by atoms with E-state index in [9.17, 15) is 12.8 Å². The third kappa shape index (κ3) is 2.91. The Labute approximate surface area is 161 Å². The lowest BCUT2D eigenvalue weighted by Crippen LogP contribution is -2.00. The van der Waals surface area contributed by atoms with E-state index in [-0.39, 0.29) is 10.7 Å². The highest BCUT2D eigenvalue weighted by Crippen LogP contribution is 2.37. The van der Waals surface area contributed by atoms with E-state index in [1.54, 1.807) is 47.0 Å². The van der Waals surface area contributed by atoms with E-state index in [0.717, 1.165) is 11.8 Å². The molecule has 4 aromatic rings. The van der Waals surface area contributed by atoms with Gasteiger partial charge in [0.1, 0.15) is 11.5 Å². The number of fused-ring (bicyclic) bond motifs is 1. The Morgan fingerprint density at radius 3 is 2.57 bits per heavy atom. The van der Waals surface area contributed by atoms with Crippen molar-refractivity contribution in [3.05, 3.63) is 66.2 Å². The second-order valence-corrected chi connectivity index (χ2v) is 8.56. The summed E-state index contributed by atoms with van der Waals surface area (Å²) in [5, 5.41) is 0. The third-order valence-corrected chi connectivity index (χ3v) is 5.70. The summed E-state index contributed by atoms with van der Waals surface area (Å²) in [7, 11) is -3.42. The van der Waals surface area contributed by atoms with Crippen LogP contribution >= 0.6 is 0 Å². The lowest BCUT2D eigenvalue weighted by Gasteiger charge is -2.11. The summed E-state index contributed by atoms with van der Waals surface area (Å²) in [6, 6.07) is 11.1. The number of nitrogen functional groups attached to an aromatic ring is 1. The molecule has 2 N–H and O–H groups in total. The van der Waals surface area contributed by atoms with E-state index in [4.69, 9.17) is 5.73 Å². The first-order chi connectivity index (χ1) is 13.3. The van der Waals surface area contributed by atoms with Crippen molar-refractivity contribution < 1.29 is 12.8 Å². The smallest absolute Gasteiger partial charge is 0.180 e. The molecule has 142 valence electrons. The molecule has 0 saturated heterocycles. The van der Waals surface area contributed by atoms with Crippen molar-refractivity contribution in [3.63, 3.8) is 0 Å². The van der Waals surface area contributed by atoms with Crippen LogP contribution in [-0.2, 0) is 9.84 Å². The fourth-order valence-electron chi connectivity index (χ4n) is 3.18. The average molecular weight is 396 g/mol. The number of aryl methyl sites for hydroxylation is 1. The highest BCUT2D eigenvalue weighted by Gasteiger charge is 2.22. The largest absolute Gasteiger partial charge is 0.381 e. The van der Waals surface area contributed by atoms with Crippen LogP contribution < -0.4 is 5.73 Å². The molecule has 2 heterocycles. The standard InChI is InChI=1S/C20H17FN4O2S/c1-12-7-8-13(28(2,26)27)11-15(12)18-17(14-5-3-4-6-16(14)21)24-20-19(22)23-9-10-25(18)20/h3-11H,1-2H3,(H2,22,23). The van der Waals surface area contributed by atoms with Crippen LogP contribution in [0.3, 0.4) is 0 Å². The van der Waals surface area contributed by atoms with Gasteiger partial charge in [0.2, 0.25) is 0 Å². The fraction of sp³-hybridized carbons (Fsp3) is 0.100. The maximum atomic E-state index is 14.6. The van der Waals surface area contributed by atoms with Gasteiger partial charge >= 0.3 is 0 Å². The molecule has 0 amide bonds. The van der Waals surface area contributed by atoms with Gasteiger partial charge in [0.25, 0.3) is 0 Å². The fourth-order valence-corrected chi connectivity index (χ4v) is 3.83. The number of sulfone groups is 1. The molecule has 6 nitrogen and oxygen atoms in total. The van der Waals surface area contributed by atoms with Gasteiger partial charge in [-0.1, -0.05) is 18.2 Å². The number of anilines is 1. The summed E-state index contributed by atoms with van der Waals surface area (Å²) in [5.74, 6) is -0.237. The van der Waals surface area contributed by atoms with Crippen molar-refractivity contribution in [3.8, 4) is 22.5 Å². The first-order valence-electron chi connectivity index (χ1n) is 8.46. The number of rotatable bonds is 3.